The summed E-state index contributed by atoms with van der Waals surface area (Å²) in [5, 5.41) is 17.8. The quantitative estimate of drug-likeness (QED) is 0.329. The largest absolute Gasteiger partial charge is 0.455 e. The molecule has 0 radical (unpaired) electrons. The van der Waals surface area contributed by atoms with Gasteiger partial charge in [0.1, 0.15) is 11.3 Å². The van der Waals surface area contributed by atoms with Crippen molar-refractivity contribution in [1.82, 2.24) is 10.2 Å². The average Bonchev–Trinajstić information content (AvgIpc) is 2.54. The minimum absolute atomic E-state index is 0.217. The van der Waals surface area contributed by atoms with Crippen LogP contribution < -0.4 is 0 Å². The lowest BCUT2D eigenvalue weighted by atomic mass is 10.2. The summed E-state index contributed by atoms with van der Waals surface area (Å²) in [6, 6.07) is 1.51. The van der Waals surface area contributed by atoms with Gasteiger partial charge in [-0.1, -0.05) is 5.16 Å². The van der Waals surface area contributed by atoms with Gasteiger partial charge in [0.25, 0.3) is 0 Å². The van der Waals surface area contributed by atoms with Gasteiger partial charge in [-0.15, -0.1) is 0 Å². The van der Waals surface area contributed by atoms with Crippen molar-refractivity contribution in [3.05, 3.63) is 18.0 Å². The van der Waals surface area contributed by atoms with Crippen LogP contribution in [0, 0.1) is 0 Å². The van der Waals surface area contributed by atoms with Crippen LogP contribution in [0.5, 0.6) is 0 Å². The first-order chi connectivity index (χ1) is 6.94. The van der Waals surface area contributed by atoms with E-state index >= 15 is 0 Å². The summed E-state index contributed by atoms with van der Waals surface area (Å²) in [6.07, 6.45) is 1.52. The zero-order valence-corrected chi connectivity index (χ0v) is 8.81. The third-order valence-corrected chi connectivity index (χ3v) is 1.44. The van der Waals surface area contributed by atoms with Crippen molar-refractivity contribution in [3.63, 3.8) is 0 Å². The van der Waals surface area contributed by atoms with Gasteiger partial charge < -0.3 is 9.94 Å². The predicted molar refractivity (Wildman–Crippen MR) is 52.8 cm³/mol. The lowest BCUT2D eigenvalue weighted by Gasteiger charge is -2.19. The van der Waals surface area contributed by atoms with Crippen LogP contribution >= 0.6 is 0 Å². The standard InChI is InChI=1S/C9H13N3O3/c1-9(2,3)15-8(13)7(12-14)6-4-5-10-11-6/h4-5,14H,1-3H3,(H,10,11). The van der Waals surface area contributed by atoms with E-state index in [2.05, 4.69) is 15.4 Å². The van der Waals surface area contributed by atoms with Gasteiger partial charge in [-0.2, -0.15) is 5.10 Å². The number of nitrogens with zero attached hydrogens (tertiary/aromatic N) is 2. The van der Waals surface area contributed by atoms with Gasteiger partial charge >= 0.3 is 5.97 Å². The van der Waals surface area contributed by atoms with Crippen molar-refractivity contribution >= 4 is 11.7 Å². The molecule has 2 N–H and O–H groups in total. The van der Waals surface area contributed by atoms with E-state index in [1.54, 1.807) is 20.8 Å². The van der Waals surface area contributed by atoms with E-state index in [9.17, 15) is 4.79 Å². The lowest BCUT2D eigenvalue weighted by molar-refractivity contribution is -0.146. The lowest BCUT2D eigenvalue weighted by Crippen LogP contribution is -2.29. The van der Waals surface area contributed by atoms with Gasteiger partial charge in [0, 0.05) is 6.20 Å². The molecule has 0 saturated heterocycles. The highest BCUT2D eigenvalue weighted by atomic mass is 16.6. The van der Waals surface area contributed by atoms with Gasteiger partial charge in [-0.25, -0.2) is 4.79 Å². The number of esters is 1. The van der Waals surface area contributed by atoms with E-state index in [0.717, 1.165) is 0 Å². The molecular formula is C9H13N3O3. The van der Waals surface area contributed by atoms with E-state index < -0.39 is 11.6 Å². The van der Waals surface area contributed by atoms with Gasteiger partial charge in [-0.05, 0) is 26.8 Å². The molecule has 6 nitrogen and oxygen atoms in total. The minimum Gasteiger partial charge on any atom is -0.455 e. The third kappa shape index (κ3) is 3.08. The molecular weight excluding hydrogens is 198 g/mol. The smallest absolute Gasteiger partial charge is 0.363 e. The molecule has 15 heavy (non-hydrogen) atoms. The number of carbonyl (C=O) groups excluding carboxylic acids is 1. The Kier molecular flexibility index (Phi) is 3.08. The van der Waals surface area contributed by atoms with Crippen molar-refractivity contribution in [1.29, 1.82) is 0 Å². The van der Waals surface area contributed by atoms with Crippen molar-refractivity contribution in [2.75, 3.05) is 0 Å². The first-order valence-corrected chi connectivity index (χ1v) is 4.39. The molecule has 1 aromatic heterocycles. The molecule has 0 aliphatic carbocycles. The number of H-pyrrole nitrogens is 1. The van der Waals surface area contributed by atoms with Crippen LogP contribution in [0.4, 0.5) is 0 Å². The highest BCUT2D eigenvalue weighted by Gasteiger charge is 2.24. The van der Waals surface area contributed by atoms with Crippen molar-refractivity contribution in [3.8, 4) is 0 Å². The van der Waals surface area contributed by atoms with E-state index in [4.69, 9.17) is 9.94 Å². The first-order valence-electron chi connectivity index (χ1n) is 4.39. The predicted octanol–water partition coefficient (Wildman–Crippen LogP) is 0.930. The molecule has 1 rings (SSSR count). The normalized spacial score (nSPS) is 12.6. The van der Waals surface area contributed by atoms with Gasteiger partial charge in [-0.3, -0.25) is 5.10 Å². The number of carbonyl (C=O) groups is 1. The Morgan fingerprint density at radius 2 is 2.27 bits per heavy atom. The SMILES string of the molecule is CC(C)(C)OC(=O)C(=NO)c1cc[nH]n1. The van der Waals surface area contributed by atoms with Crippen molar-refractivity contribution in [2.45, 2.75) is 26.4 Å². The molecule has 0 bridgehead atoms. The summed E-state index contributed by atoms with van der Waals surface area (Å²) in [5.41, 5.74) is -0.610. The zero-order chi connectivity index (χ0) is 11.5. The second-order valence-corrected chi connectivity index (χ2v) is 3.91. The minimum atomic E-state index is -0.711. The molecule has 0 aromatic carbocycles. The Labute approximate surface area is 86.9 Å². The second-order valence-electron chi connectivity index (χ2n) is 3.91. The molecule has 0 amide bonds. The van der Waals surface area contributed by atoms with Crippen LogP contribution in [0.15, 0.2) is 17.4 Å². The number of nitrogens with one attached hydrogen (secondary N) is 1. The fourth-order valence-electron chi connectivity index (χ4n) is 0.915. The molecule has 1 aromatic rings. The Morgan fingerprint density at radius 3 is 2.67 bits per heavy atom. The second kappa shape index (κ2) is 4.12. The molecule has 6 heteroatoms. The number of hydrogen-bond acceptors (Lipinski definition) is 5. The van der Waals surface area contributed by atoms with E-state index in [1.165, 1.54) is 12.3 Å². The number of oxime groups is 1. The number of aromatic amines is 1. The molecule has 0 saturated carbocycles. The number of aromatic nitrogens is 2. The molecule has 0 fully saturated rings. The number of ether oxygens (including phenoxy) is 1. The molecule has 0 atom stereocenters. The molecule has 0 aliphatic heterocycles. The van der Waals surface area contributed by atoms with Crippen molar-refractivity contribution in [2.24, 2.45) is 5.16 Å². The third-order valence-electron chi connectivity index (χ3n) is 1.44. The fraction of sp³-hybridized carbons (Fsp3) is 0.444. The molecule has 82 valence electrons. The Bertz CT molecular complexity index is 362. The molecule has 1 heterocycles. The summed E-state index contributed by atoms with van der Waals surface area (Å²) in [6.45, 7) is 5.18. The van der Waals surface area contributed by atoms with Gasteiger partial charge in [0.15, 0.2) is 0 Å². The van der Waals surface area contributed by atoms with Crippen LogP contribution in [0.2, 0.25) is 0 Å². The molecule has 0 spiro atoms. The van der Waals surface area contributed by atoms with Crippen LogP contribution in [0.25, 0.3) is 0 Å². The zero-order valence-electron chi connectivity index (χ0n) is 8.81. The van der Waals surface area contributed by atoms with Gasteiger partial charge in [0.2, 0.25) is 5.71 Å². The fourth-order valence-corrected chi connectivity index (χ4v) is 0.915. The topological polar surface area (TPSA) is 87.6 Å². The van der Waals surface area contributed by atoms with E-state index in [-0.39, 0.29) is 11.4 Å². The summed E-state index contributed by atoms with van der Waals surface area (Å²) in [7, 11) is 0. The maximum Gasteiger partial charge on any atom is 0.363 e. The maximum absolute atomic E-state index is 11.5. The molecule has 0 aliphatic rings. The van der Waals surface area contributed by atoms with Crippen LogP contribution in [0.1, 0.15) is 26.5 Å². The first kappa shape index (κ1) is 11.2. The Morgan fingerprint density at radius 1 is 1.60 bits per heavy atom. The highest BCUT2D eigenvalue weighted by molar-refractivity contribution is 6.42. The Balaban J connectivity index is 2.83. The van der Waals surface area contributed by atoms with Crippen LogP contribution in [-0.4, -0.2) is 32.7 Å². The monoisotopic (exact) mass is 211 g/mol. The van der Waals surface area contributed by atoms with Crippen LogP contribution in [-0.2, 0) is 9.53 Å². The Hall–Kier alpha value is -1.85. The maximum atomic E-state index is 11.5. The van der Waals surface area contributed by atoms with Crippen molar-refractivity contribution < 1.29 is 14.7 Å². The van der Waals surface area contributed by atoms with Gasteiger partial charge in [0.05, 0.1) is 0 Å². The van der Waals surface area contributed by atoms with E-state index in [1.807, 2.05) is 0 Å². The number of rotatable bonds is 2. The van der Waals surface area contributed by atoms with E-state index in [0.29, 0.717) is 0 Å². The average molecular weight is 211 g/mol. The summed E-state index contributed by atoms with van der Waals surface area (Å²) in [5.74, 6) is -0.711. The number of hydrogen-bond donors (Lipinski definition) is 2. The highest BCUT2D eigenvalue weighted by Crippen LogP contribution is 2.09. The summed E-state index contributed by atoms with van der Waals surface area (Å²) >= 11 is 0. The summed E-state index contributed by atoms with van der Waals surface area (Å²) < 4.78 is 5.03. The molecule has 0 unspecified atom stereocenters. The summed E-state index contributed by atoms with van der Waals surface area (Å²) in [4.78, 5) is 11.5. The van der Waals surface area contributed by atoms with Crippen LogP contribution in [0.3, 0.4) is 0 Å².